The van der Waals surface area contributed by atoms with E-state index in [9.17, 15) is 22.4 Å². The molecule has 2 rings (SSSR count). The van der Waals surface area contributed by atoms with Gasteiger partial charge in [0.25, 0.3) is 10.0 Å². The summed E-state index contributed by atoms with van der Waals surface area (Å²) in [6.45, 7) is 1.29. The number of carbonyl (C=O) groups is 2. The summed E-state index contributed by atoms with van der Waals surface area (Å²) in [7, 11) is -4.14. The molecule has 2 aromatic carbocycles. The van der Waals surface area contributed by atoms with Gasteiger partial charge in [-0.05, 0) is 42.0 Å². The van der Waals surface area contributed by atoms with E-state index < -0.39 is 27.8 Å². The number of benzene rings is 2. The van der Waals surface area contributed by atoms with E-state index in [2.05, 4.69) is 5.32 Å². The summed E-state index contributed by atoms with van der Waals surface area (Å²) in [5, 5.41) is 3.08. The van der Waals surface area contributed by atoms with Crippen LogP contribution in [-0.2, 0) is 19.6 Å². The van der Waals surface area contributed by atoms with Gasteiger partial charge in [-0.3, -0.25) is 9.59 Å². The molecule has 0 fully saturated rings. The number of nitrogens with one attached hydrogen (secondary N) is 2. The Morgan fingerprint density at radius 3 is 2.19 bits per heavy atom. The molecular formula is C17H16ClFN2O4S. The van der Waals surface area contributed by atoms with Gasteiger partial charge in [-0.25, -0.2) is 17.5 Å². The van der Waals surface area contributed by atoms with E-state index in [0.29, 0.717) is 10.6 Å². The molecular weight excluding hydrogens is 383 g/mol. The van der Waals surface area contributed by atoms with Crippen LogP contribution in [0.15, 0.2) is 53.4 Å². The van der Waals surface area contributed by atoms with Gasteiger partial charge in [0, 0.05) is 11.9 Å². The molecule has 0 aliphatic heterocycles. The van der Waals surface area contributed by atoms with E-state index in [4.69, 9.17) is 11.6 Å². The summed E-state index contributed by atoms with van der Waals surface area (Å²) in [4.78, 5) is 23.3. The fourth-order valence-electron chi connectivity index (χ4n) is 2.24. The van der Waals surface area contributed by atoms with Crippen LogP contribution in [0.4, 0.5) is 4.39 Å². The Bertz CT molecular complexity index is 899. The zero-order valence-electron chi connectivity index (χ0n) is 13.7. The van der Waals surface area contributed by atoms with Crippen molar-refractivity contribution in [3.8, 4) is 0 Å². The van der Waals surface area contributed by atoms with Crippen molar-refractivity contribution in [1.82, 2.24) is 10.0 Å². The molecule has 0 spiro atoms. The van der Waals surface area contributed by atoms with Crippen LogP contribution in [-0.4, -0.2) is 20.2 Å². The average molecular weight is 399 g/mol. The zero-order chi connectivity index (χ0) is 19.3. The monoisotopic (exact) mass is 398 g/mol. The first-order valence-corrected chi connectivity index (χ1v) is 9.37. The Kier molecular flexibility index (Phi) is 6.33. The quantitative estimate of drug-likeness (QED) is 0.782. The Morgan fingerprint density at radius 2 is 1.65 bits per heavy atom. The van der Waals surface area contributed by atoms with Crippen molar-refractivity contribution in [2.45, 2.75) is 24.3 Å². The van der Waals surface area contributed by atoms with Gasteiger partial charge in [0.1, 0.15) is 5.82 Å². The lowest BCUT2D eigenvalue weighted by Gasteiger charge is -2.18. The highest BCUT2D eigenvalue weighted by molar-refractivity contribution is 7.90. The SMILES string of the molecule is CC(=O)NC(CC(=O)NS(=O)(=O)c1ccc(F)cc1)c1ccc(Cl)cc1. The fraction of sp³-hybridized carbons (Fsp3) is 0.176. The third kappa shape index (κ3) is 5.53. The normalized spacial score (nSPS) is 12.3. The van der Waals surface area contributed by atoms with Crippen molar-refractivity contribution >= 4 is 33.4 Å². The van der Waals surface area contributed by atoms with Crippen molar-refractivity contribution in [2.24, 2.45) is 0 Å². The Balaban J connectivity index is 2.14. The smallest absolute Gasteiger partial charge is 0.264 e. The predicted octanol–water partition coefficient (Wildman–Crippen LogP) is 2.55. The van der Waals surface area contributed by atoms with Crippen LogP contribution in [0.25, 0.3) is 0 Å². The summed E-state index contributed by atoms with van der Waals surface area (Å²) < 4.78 is 39.2. The molecule has 0 saturated carbocycles. The molecule has 6 nitrogen and oxygen atoms in total. The summed E-state index contributed by atoms with van der Waals surface area (Å²) in [6.07, 6.45) is -0.304. The maximum Gasteiger partial charge on any atom is 0.264 e. The summed E-state index contributed by atoms with van der Waals surface area (Å²) in [5.74, 6) is -1.79. The van der Waals surface area contributed by atoms with Crippen molar-refractivity contribution < 1.29 is 22.4 Å². The first-order chi connectivity index (χ1) is 12.2. The first-order valence-electron chi connectivity index (χ1n) is 7.51. The van der Waals surface area contributed by atoms with E-state index in [1.54, 1.807) is 24.3 Å². The Labute approximate surface area is 155 Å². The van der Waals surface area contributed by atoms with Crippen molar-refractivity contribution in [1.29, 1.82) is 0 Å². The van der Waals surface area contributed by atoms with Crippen LogP contribution in [0.1, 0.15) is 24.9 Å². The second-order valence-electron chi connectivity index (χ2n) is 5.49. The second-order valence-corrected chi connectivity index (χ2v) is 7.61. The lowest BCUT2D eigenvalue weighted by molar-refractivity contribution is -0.121. The van der Waals surface area contributed by atoms with Gasteiger partial charge in [-0.1, -0.05) is 23.7 Å². The maximum absolute atomic E-state index is 12.9. The van der Waals surface area contributed by atoms with Crippen LogP contribution >= 0.6 is 11.6 Å². The highest BCUT2D eigenvalue weighted by Crippen LogP contribution is 2.20. The molecule has 2 aromatic rings. The highest BCUT2D eigenvalue weighted by Gasteiger charge is 2.22. The lowest BCUT2D eigenvalue weighted by Crippen LogP contribution is -2.35. The minimum atomic E-state index is -4.14. The van der Waals surface area contributed by atoms with Gasteiger partial charge in [-0.15, -0.1) is 0 Å². The molecule has 0 aromatic heterocycles. The number of sulfonamides is 1. The van der Waals surface area contributed by atoms with Gasteiger partial charge in [0.05, 0.1) is 17.4 Å². The molecule has 0 aliphatic rings. The number of hydrogen-bond acceptors (Lipinski definition) is 4. The minimum absolute atomic E-state index is 0.241. The molecule has 2 N–H and O–H groups in total. The van der Waals surface area contributed by atoms with Gasteiger partial charge < -0.3 is 5.32 Å². The predicted molar refractivity (Wildman–Crippen MR) is 94.4 cm³/mol. The molecule has 0 saturated heterocycles. The minimum Gasteiger partial charge on any atom is -0.349 e. The molecule has 0 heterocycles. The molecule has 0 aliphatic carbocycles. The van der Waals surface area contributed by atoms with Crippen LogP contribution in [0.2, 0.25) is 5.02 Å². The maximum atomic E-state index is 12.9. The van der Waals surface area contributed by atoms with E-state index in [0.717, 1.165) is 24.3 Å². The first kappa shape index (κ1) is 19.9. The van der Waals surface area contributed by atoms with Gasteiger partial charge in [0.2, 0.25) is 11.8 Å². The van der Waals surface area contributed by atoms with Crippen molar-refractivity contribution in [2.75, 3.05) is 0 Å². The van der Waals surface area contributed by atoms with E-state index in [-0.39, 0.29) is 17.2 Å². The largest absolute Gasteiger partial charge is 0.349 e. The number of rotatable bonds is 6. The molecule has 26 heavy (non-hydrogen) atoms. The third-order valence-corrected chi connectivity index (χ3v) is 5.05. The van der Waals surface area contributed by atoms with Gasteiger partial charge in [-0.2, -0.15) is 0 Å². The Hall–Kier alpha value is -2.45. The Morgan fingerprint density at radius 1 is 1.08 bits per heavy atom. The van der Waals surface area contributed by atoms with Crippen LogP contribution in [0, 0.1) is 5.82 Å². The molecule has 1 unspecified atom stereocenters. The standard InChI is InChI=1S/C17H16ClFN2O4S/c1-11(22)20-16(12-2-4-13(18)5-3-12)10-17(23)21-26(24,25)15-8-6-14(19)7-9-15/h2-9,16H,10H2,1H3,(H,20,22)(H,21,23). The van der Waals surface area contributed by atoms with Crippen LogP contribution in [0.3, 0.4) is 0 Å². The topological polar surface area (TPSA) is 92.3 Å². The average Bonchev–Trinajstić information content (AvgIpc) is 2.54. The summed E-state index contributed by atoms with van der Waals surface area (Å²) >= 11 is 5.82. The molecule has 9 heteroatoms. The highest BCUT2D eigenvalue weighted by atomic mass is 35.5. The van der Waals surface area contributed by atoms with E-state index in [1.807, 2.05) is 4.72 Å². The summed E-state index contributed by atoms with van der Waals surface area (Å²) in [6, 6.07) is 9.78. The van der Waals surface area contributed by atoms with Crippen molar-refractivity contribution in [3.05, 3.63) is 64.9 Å². The number of halogens is 2. The number of amides is 2. The number of carbonyl (C=O) groups excluding carboxylic acids is 2. The lowest BCUT2D eigenvalue weighted by atomic mass is 10.0. The molecule has 0 radical (unpaired) electrons. The summed E-state index contributed by atoms with van der Waals surface area (Å²) in [5.41, 5.74) is 0.596. The molecule has 138 valence electrons. The second kappa shape index (κ2) is 8.29. The van der Waals surface area contributed by atoms with E-state index in [1.165, 1.54) is 6.92 Å². The fourth-order valence-corrected chi connectivity index (χ4v) is 3.36. The van der Waals surface area contributed by atoms with Gasteiger partial charge >= 0.3 is 0 Å². The molecule has 1 atom stereocenters. The van der Waals surface area contributed by atoms with E-state index >= 15 is 0 Å². The van der Waals surface area contributed by atoms with Crippen molar-refractivity contribution in [3.63, 3.8) is 0 Å². The van der Waals surface area contributed by atoms with Crippen LogP contribution in [0.5, 0.6) is 0 Å². The zero-order valence-corrected chi connectivity index (χ0v) is 15.3. The number of hydrogen-bond donors (Lipinski definition) is 2. The van der Waals surface area contributed by atoms with Crippen LogP contribution < -0.4 is 10.0 Å². The molecule has 0 bridgehead atoms. The third-order valence-electron chi connectivity index (χ3n) is 3.41. The van der Waals surface area contributed by atoms with Gasteiger partial charge in [0.15, 0.2) is 0 Å². The molecule has 2 amide bonds.